The van der Waals surface area contributed by atoms with E-state index in [0.717, 1.165) is 6.26 Å². The minimum absolute atomic E-state index is 0.429. The number of rotatable bonds is 2. The van der Waals surface area contributed by atoms with Gasteiger partial charge in [0, 0.05) is 0 Å². The van der Waals surface area contributed by atoms with Crippen molar-refractivity contribution in [2.75, 3.05) is 0 Å². The zero-order valence-electron chi connectivity index (χ0n) is 3.89. The van der Waals surface area contributed by atoms with Gasteiger partial charge in [-0.05, 0) is 6.08 Å². The molecule has 0 aliphatic heterocycles. The third-order valence-electron chi connectivity index (χ3n) is 0.511. The SMILES string of the molecule is OC=CC(I)C(I)I. The summed E-state index contributed by atoms with van der Waals surface area (Å²) in [6, 6.07) is 0. The molecule has 0 aromatic heterocycles. The molecule has 0 radical (unpaired) electrons. The van der Waals surface area contributed by atoms with Crippen LogP contribution in [0, 0.1) is 0 Å². The van der Waals surface area contributed by atoms with Crippen LogP contribution in [0.1, 0.15) is 0 Å². The average Bonchev–Trinajstić information content (AvgIpc) is 1.67. The largest absolute Gasteiger partial charge is 0.516 e. The van der Waals surface area contributed by atoms with Crippen molar-refractivity contribution in [3.8, 4) is 0 Å². The Balaban J connectivity index is 3.47. The summed E-state index contributed by atoms with van der Waals surface area (Å²) in [5, 5.41) is 8.29. The second-order valence-electron chi connectivity index (χ2n) is 1.12. The van der Waals surface area contributed by atoms with E-state index >= 15 is 0 Å². The minimum Gasteiger partial charge on any atom is -0.516 e. The summed E-state index contributed by atoms with van der Waals surface area (Å²) < 4.78 is 0.980. The van der Waals surface area contributed by atoms with Gasteiger partial charge in [0.25, 0.3) is 0 Å². The molecule has 1 nitrogen and oxygen atoms in total. The van der Waals surface area contributed by atoms with Crippen LogP contribution in [0.4, 0.5) is 0 Å². The van der Waals surface area contributed by atoms with Gasteiger partial charge in [-0.15, -0.1) is 0 Å². The van der Waals surface area contributed by atoms with Gasteiger partial charge >= 0.3 is 0 Å². The van der Waals surface area contributed by atoms with Gasteiger partial charge in [-0.1, -0.05) is 67.8 Å². The molecule has 0 aliphatic rings. The molecular formula is C4H5I3O. The molecule has 0 spiro atoms. The average molecular weight is 450 g/mol. The van der Waals surface area contributed by atoms with E-state index in [0.29, 0.717) is 5.86 Å². The number of halogens is 3. The molecule has 1 unspecified atom stereocenters. The Labute approximate surface area is 89.7 Å². The van der Waals surface area contributed by atoms with Gasteiger partial charge in [-0.25, -0.2) is 0 Å². The van der Waals surface area contributed by atoms with Gasteiger partial charge in [0.2, 0.25) is 0 Å². The van der Waals surface area contributed by atoms with E-state index in [4.69, 9.17) is 5.11 Å². The number of alkyl halides is 3. The summed E-state index contributed by atoms with van der Waals surface area (Å²) in [6.07, 6.45) is 2.87. The molecule has 4 heteroatoms. The summed E-state index contributed by atoms with van der Waals surface area (Å²) in [4.78, 5) is 0. The second-order valence-corrected chi connectivity index (χ2v) is 7.63. The van der Waals surface area contributed by atoms with Crippen LogP contribution in [0.5, 0.6) is 0 Å². The van der Waals surface area contributed by atoms with Crippen LogP contribution in [0.2, 0.25) is 0 Å². The fraction of sp³-hybridized carbons (Fsp3) is 0.500. The number of hydrogen-bond donors (Lipinski definition) is 1. The Kier molecular flexibility index (Phi) is 6.70. The van der Waals surface area contributed by atoms with E-state index in [-0.39, 0.29) is 0 Å². The molecule has 0 saturated carbocycles. The third-order valence-corrected chi connectivity index (χ3v) is 5.95. The van der Waals surface area contributed by atoms with Crippen LogP contribution >= 0.6 is 67.8 Å². The Morgan fingerprint density at radius 2 is 1.75 bits per heavy atom. The van der Waals surface area contributed by atoms with Crippen molar-refractivity contribution >= 4 is 67.8 Å². The highest BCUT2D eigenvalue weighted by Gasteiger charge is 2.06. The van der Waals surface area contributed by atoms with Crippen molar-refractivity contribution in [2.24, 2.45) is 0 Å². The summed E-state index contributed by atoms with van der Waals surface area (Å²) in [5.41, 5.74) is 0. The molecule has 0 amide bonds. The topological polar surface area (TPSA) is 20.2 Å². The number of hydrogen-bond acceptors (Lipinski definition) is 1. The molecule has 0 aromatic rings. The minimum atomic E-state index is 0.429. The second kappa shape index (κ2) is 5.51. The van der Waals surface area contributed by atoms with Crippen LogP contribution in [0.3, 0.4) is 0 Å². The molecule has 0 saturated heterocycles. The maximum atomic E-state index is 8.29. The third kappa shape index (κ3) is 4.59. The molecule has 1 atom stereocenters. The first kappa shape index (κ1) is 9.73. The number of aliphatic hydroxyl groups excluding tert-OH is 1. The van der Waals surface area contributed by atoms with Crippen molar-refractivity contribution < 1.29 is 5.11 Å². The maximum absolute atomic E-state index is 8.29. The Bertz CT molecular complexity index is 81.4. The molecule has 8 heavy (non-hydrogen) atoms. The van der Waals surface area contributed by atoms with Crippen LogP contribution in [-0.2, 0) is 0 Å². The predicted octanol–water partition coefficient (Wildman–Crippen LogP) is 3.06. The molecule has 0 aliphatic carbocycles. The molecule has 1 N–H and O–H groups in total. The first-order valence-corrected chi connectivity index (χ1v) is 5.65. The van der Waals surface area contributed by atoms with Crippen LogP contribution < -0.4 is 0 Å². The van der Waals surface area contributed by atoms with Gasteiger partial charge in [0.05, 0.1) is 12.1 Å². The lowest BCUT2D eigenvalue weighted by molar-refractivity contribution is 0.472. The first-order chi connectivity index (χ1) is 3.68. The van der Waals surface area contributed by atoms with Crippen molar-refractivity contribution in [1.82, 2.24) is 0 Å². The molecule has 0 aromatic carbocycles. The zero-order valence-corrected chi connectivity index (χ0v) is 10.4. The van der Waals surface area contributed by atoms with Crippen LogP contribution in [0.15, 0.2) is 12.3 Å². The van der Waals surface area contributed by atoms with Crippen molar-refractivity contribution in [3.05, 3.63) is 12.3 Å². The van der Waals surface area contributed by atoms with Gasteiger partial charge in [0.15, 0.2) is 0 Å². The number of aliphatic hydroxyl groups is 1. The maximum Gasteiger partial charge on any atom is 0.0779 e. The zero-order chi connectivity index (χ0) is 6.57. The smallest absolute Gasteiger partial charge is 0.0779 e. The fourth-order valence-electron chi connectivity index (χ4n) is 0.166. The molecule has 0 bridgehead atoms. The summed E-state index contributed by atoms with van der Waals surface area (Å²) >= 11 is 6.89. The highest BCUT2D eigenvalue weighted by Crippen LogP contribution is 2.22. The predicted molar refractivity (Wildman–Crippen MR) is 61.4 cm³/mol. The molecule has 0 fully saturated rings. The Morgan fingerprint density at radius 3 is 1.88 bits per heavy atom. The first-order valence-electron chi connectivity index (χ1n) is 1.91. The van der Waals surface area contributed by atoms with Gasteiger partial charge in [0.1, 0.15) is 0 Å². The van der Waals surface area contributed by atoms with Gasteiger partial charge < -0.3 is 5.11 Å². The van der Waals surface area contributed by atoms with E-state index in [1.165, 1.54) is 0 Å². The highest BCUT2D eigenvalue weighted by molar-refractivity contribution is 14.2. The van der Waals surface area contributed by atoms with Crippen molar-refractivity contribution in [1.29, 1.82) is 0 Å². The van der Waals surface area contributed by atoms with E-state index in [1.807, 2.05) is 0 Å². The van der Waals surface area contributed by atoms with Crippen molar-refractivity contribution in [3.63, 3.8) is 0 Å². The summed E-state index contributed by atoms with van der Waals surface area (Å²) in [6.45, 7) is 0. The molecule has 0 rings (SSSR count). The van der Waals surface area contributed by atoms with E-state index in [9.17, 15) is 0 Å². The van der Waals surface area contributed by atoms with E-state index in [1.54, 1.807) is 6.08 Å². The fourth-order valence-corrected chi connectivity index (χ4v) is 0.831. The lowest BCUT2D eigenvalue weighted by Crippen LogP contribution is -2.00. The summed E-state index contributed by atoms with van der Waals surface area (Å²) in [7, 11) is 0. The van der Waals surface area contributed by atoms with E-state index in [2.05, 4.69) is 67.8 Å². The van der Waals surface area contributed by atoms with Crippen LogP contribution in [-0.4, -0.2) is 11.0 Å². The quantitative estimate of drug-likeness (QED) is 0.390. The lowest BCUT2D eigenvalue weighted by atomic mass is 10.5. The van der Waals surface area contributed by atoms with Gasteiger partial charge in [-0.3, -0.25) is 0 Å². The number of allylic oxidation sites excluding steroid dienone is 1. The lowest BCUT2D eigenvalue weighted by Gasteiger charge is -2.01. The molecule has 0 heterocycles. The molecular weight excluding hydrogens is 445 g/mol. The monoisotopic (exact) mass is 450 g/mol. The van der Waals surface area contributed by atoms with Gasteiger partial charge in [-0.2, -0.15) is 0 Å². The van der Waals surface area contributed by atoms with Crippen molar-refractivity contribution in [2.45, 2.75) is 5.86 Å². The normalized spacial score (nSPS) is 15.5. The van der Waals surface area contributed by atoms with Crippen LogP contribution in [0.25, 0.3) is 0 Å². The summed E-state index contributed by atoms with van der Waals surface area (Å²) in [5.74, 6) is 0. The highest BCUT2D eigenvalue weighted by atomic mass is 127. The Morgan fingerprint density at radius 1 is 1.25 bits per heavy atom. The van der Waals surface area contributed by atoms with E-state index < -0.39 is 0 Å². The standard InChI is InChI=1S/C4H5I3O/c5-3(1-2-8)4(6)7/h1-4,8H. The molecule has 48 valence electrons. The Hall–Kier alpha value is 1.73.